The first-order valence-corrected chi connectivity index (χ1v) is 9.07. The Balaban J connectivity index is 1.70. The summed E-state index contributed by atoms with van der Waals surface area (Å²) in [6.07, 6.45) is 3.08. The number of anilines is 1. The lowest BCUT2D eigenvalue weighted by atomic mass is 9.96. The predicted molar refractivity (Wildman–Crippen MR) is 106 cm³/mol. The Morgan fingerprint density at radius 3 is 2.43 bits per heavy atom. The van der Waals surface area contributed by atoms with E-state index >= 15 is 0 Å². The molecule has 0 atom stereocenters. The van der Waals surface area contributed by atoms with E-state index < -0.39 is 11.8 Å². The third-order valence-electron chi connectivity index (χ3n) is 5.18. The van der Waals surface area contributed by atoms with Gasteiger partial charge in [-0.25, -0.2) is 0 Å². The number of hydrogen-bond acceptors (Lipinski definition) is 3. The van der Waals surface area contributed by atoms with Gasteiger partial charge < -0.3 is 20.9 Å². The lowest BCUT2D eigenvalue weighted by Gasteiger charge is -2.30. The number of fused-ring (bicyclic) bond motifs is 2. The molecule has 0 fully saturated rings. The van der Waals surface area contributed by atoms with Crippen molar-refractivity contribution in [2.24, 2.45) is 11.5 Å². The summed E-state index contributed by atoms with van der Waals surface area (Å²) in [7, 11) is 0. The third-order valence-corrected chi connectivity index (χ3v) is 5.18. The number of benzene rings is 2. The van der Waals surface area contributed by atoms with Crippen molar-refractivity contribution in [3.8, 4) is 0 Å². The molecule has 142 valence electrons. The minimum Gasteiger partial charge on any atom is -0.366 e. The number of carbonyl (C=O) groups excluding carboxylic acids is 3. The second kappa shape index (κ2) is 6.84. The monoisotopic (exact) mass is 376 g/mol. The van der Waals surface area contributed by atoms with E-state index in [-0.39, 0.29) is 12.5 Å². The van der Waals surface area contributed by atoms with Crippen LogP contribution in [0.25, 0.3) is 10.9 Å². The Morgan fingerprint density at radius 2 is 1.68 bits per heavy atom. The molecule has 28 heavy (non-hydrogen) atoms. The molecule has 2 heterocycles. The number of amides is 3. The maximum atomic E-state index is 13.1. The molecule has 0 spiro atoms. The van der Waals surface area contributed by atoms with Gasteiger partial charge in [0.05, 0.1) is 5.56 Å². The molecular formula is C21H20N4O3. The molecule has 2 aromatic carbocycles. The molecule has 1 aliphatic heterocycles. The molecule has 0 aliphatic carbocycles. The highest BCUT2D eigenvalue weighted by Crippen LogP contribution is 2.30. The molecule has 7 heteroatoms. The number of nitrogens with zero attached hydrogens (tertiary/aromatic N) is 2. The van der Waals surface area contributed by atoms with Crippen LogP contribution in [-0.4, -0.2) is 28.8 Å². The Labute approximate surface area is 161 Å². The molecule has 0 saturated heterocycles. The number of primary amides is 2. The van der Waals surface area contributed by atoms with Gasteiger partial charge in [-0.05, 0) is 36.6 Å². The molecule has 3 amide bonds. The SMILES string of the molecule is NC(=O)c1cccc2c1CCCN2C(=O)Cn1cc(C(N)=O)c2ccccc21. The largest absolute Gasteiger partial charge is 0.366 e. The Hall–Kier alpha value is -3.61. The quantitative estimate of drug-likeness (QED) is 0.724. The van der Waals surface area contributed by atoms with Crippen LogP contribution in [0.15, 0.2) is 48.7 Å². The van der Waals surface area contributed by atoms with Gasteiger partial charge in [0, 0.05) is 34.9 Å². The number of hydrogen-bond donors (Lipinski definition) is 2. The summed E-state index contributed by atoms with van der Waals surface area (Å²) in [6, 6.07) is 12.6. The smallest absolute Gasteiger partial charge is 0.250 e. The Kier molecular flexibility index (Phi) is 4.35. The second-order valence-corrected chi connectivity index (χ2v) is 6.87. The maximum absolute atomic E-state index is 13.1. The topological polar surface area (TPSA) is 111 Å². The average molecular weight is 376 g/mol. The molecule has 4 rings (SSSR count). The summed E-state index contributed by atoms with van der Waals surface area (Å²) < 4.78 is 1.74. The maximum Gasteiger partial charge on any atom is 0.250 e. The molecule has 0 radical (unpaired) electrons. The van der Waals surface area contributed by atoms with Crippen molar-refractivity contribution in [2.45, 2.75) is 19.4 Å². The van der Waals surface area contributed by atoms with Gasteiger partial charge in [-0.15, -0.1) is 0 Å². The second-order valence-electron chi connectivity index (χ2n) is 6.87. The van der Waals surface area contributed by atoms with Crippen molar-refractivity contribution in [1.82, 2.24) is 4.57 Å². The fourth-order valence-corrected chi connectivity index (χ4v) is 3.92. The van der Waals surface area contributed by atoms with E-state index in [0.717, 1.165) is 28.6 Å². The van der Waals surface area contributed by atoms with Crippen LogP contribution >= 0.6 is 0 Å². The molecule has 0 unspecified atom stereocenters. The summed E-state index contributed by atoms with van der Waals surface area (Å²) in [4.78, 5) is 38.3. The van der Waals surface area contributed by atoms with Gasteiger partial charge >= 0.3 is 0 Å². The summed E-state index contributed by atoms with van der Waals surface area (Å²) in [5, 5.41) is 0.720. The first kappa shape index (κ1) is 17.8. The zero-order valence-corrected chi connectivity index (χ0v) is 15.2. The van der Waals surface area contributed by atoms with Crippen molar-refractivity contribution in [2.75, 3.05) is 11.4 Å². The fourth-order valence-electron chi connectivity index (χ4n) is 3.92. The molecule has 0 bridgehead atoms. The molecule has 0 saturated carbocycles. The zero-order chi connectivity index (χ0) is 19.8. The number of aromatic nitrogens is 1. The van der Waals surface area contributed by atoms with Gasteiger partial charge in [0.1, 0.15) is 6.54 Å². The summed E-state index contributed by atoms with van der Waals surface area (Å²) in [5.74, 6) is -1.15. The molecule has 3 aromatic rings. The van der Waals surface area contributed by atoms with E-state index in [1.54, 1.807) is 27.8 Å². The van der Waals surface area contributed by atoms with E-state index in [0.29, 0.717) is 24.1 Å². The van der Waals surface area contributed by atoms with Crippen LogP contribution in [0.4, 0.5) is 5.69 Å². The highest BCUT2D eigenvalue weighted by atomic mass is 16.2. The van der Waals surface area contributed by atoms with Gasteiger partial charge in [-0.2, -0.15) is 0 Å². The van der Waals surface area contributed by atoms with E-state index in [1.807, 2.05) is 30.3 Å². The molecule has 1 aliphatic rings. The van der Waals surface area contributed by atoms with Gasteiger partial charge in [0.25, 0.3) is 5.91 Å². The van der Waals surface area contributed by atoms with Crippen molar-refractivity contribution < 1.29 is 14.4 Å². The van der Waals surface area contributed by atoms with Crippen LogP contribution in [0.5, 0.6) is 0 Å². The standard InChI is InChI=1S/C21H20N4O3/c22-20(27)15-6-3-9-18-13(15)7-4-10-25(18)19(26)12-24-11-16(21(23)28)14-5-1-2-8-17(14)24/h1-3,5-6,8-9,11H,4,7,10,12H2,(H2,22,27)(H2,23,28). The minimum atomic E-state index is -0.531. The van der Waals surface area contributed by atoms with E-state index in [9.17, 15) is 14.4 Å². The predicted octanol–water partition coefficient (Wildman–Crippen LogP) is 1.82. The molecule has 7 nitrogen and oxygen atoms in total. The Morgan fingerprint density at radius 1 is 0.929 bits per heavy atom. The number of rotatable bonds is 4. The van der Waals surface area contributed by atoms with Gasteiger partial charge in [-0.1, -0.05) is 24.3 Å². The van der Waals surface area contributed by atoms with Gasteiger partial charge in [-0.3, -0.25) is 14.4 Å². The number of carbonyl (C=O) groups is 3. The summed E-state index contributed by atoms with van der Waals surface area (Å²) >= 11 is 0. The average Bonchev–Trinajstić information content (AvgIpc) is 3.05. The normalized spacial score (nSPS) is 13.4. The molecular weight excluding hydrogens is 356 g/mol. The van der Waals surface area contributed by atoms with Gasteiger partial charge in [0.2, 0.25) is 11.8 Å². The van der Waals surface area contributed by atoms with Crippen LogP contribution in [0.2, 0.25) is 0 Å². The highest BCUT2D eigenvalue weighted by Gasteiger charge is 2.26. The van der Waals surface area contributed by atoms with Crippen LogP contribution in [0.1, 0.15) is 32.7 Å². The van der Waals surface area contributed by atoms with Crippen LogP contribution in [0, 0.1) is 0 Å². The third kappa shape index (κ3) is 2.90. The zero-order valence-electron chi connectivity index (χ0n) is 15.2. The van der Waals surface area contributed by atoms with Crippen molar-refractivity contribution in [3.63, 3.8) is 0 Å². The van der Waals surface area contributed by atoms with Crippen molar-refractivity contribution in [3.05, 3.63) is 65.4 Å². The number of para-hydroxylation sites is 1. The first-order valence-electron chi connectivity index (χ1n) is 9.07. The van der Waals surface area contributed by atoms with Crippen LogP contribution in [-0.2, 0) is 17.8 Å². The van der Waals surface area contributed by atoms with Gasteiger partial charge in [0.15, 0.2) is 0 Å². The first-order chi connectivity index (χ1) is 13.5. The molecule has 1 aromatic heterocycles. The summed E-state index contributed by atoms with van der Waals surface area (Å²) in [6.45, 7) is 0.629. The lowest BCUT2D eigenvalue weighted by molar-refractivity contribution is -0.119. The van der Waals surface area contributed by atoms with Crippen molar-refractivity contribution in [1.29, 1.82) is 0 Å². The highest BCUT2D eigenvalue weighted by molar-refractivity contribution is 6.07. The van der Waals surface area contributed by atoms with E-state index in [1.165, 1.54) is 0 Å². The van der Waals surface area contributed by atoms with E-state index in [2.05, 4.69) is 0 Å². The van der Waals surface area contributed by atoms with Crippen molar-refractivity contribution >= 4 is 34.3 Å². The fraction of sp³-hybridized carbons (Fsp3) is 0.190. The summed E-state index contributed by atoms with van der Waals surface area (Å²) in [5.41, 5.74) is 14.1. The van der Waals surface area contributed by atoms with E-state index in [4.69, 9.17) is 11.5 Å². The number of nitrogens with two attached hydrogens (primary N) is 2. The van der Waals surface area contributed by atoms with Crippen LogP contribution < -0.4 is 16.4 Å². The molecule has 4 N–H and O–H groups in total. The minimum absolute atomic E-state index is 0.0635. The Bertz CT molecular complexity index is 1120. The lowest BCUT2D eigenvalue weighted by Crippen LogP contribution is -2.38. The van der Waals surface area contributed by atoms with Crippen LogP contribution in [0.3, 0.4) is 0 Å².